The fourth-order valence-electron chi connectivity index (χ4n) is 9.87. The molecule has 0 aromatic carbocycles. The Labute approximate surface area is 473 Å². The van der Waals surface area contributed by atoms with Gasteiger partial charge in [-0.15, -0.1) is 0 Å². The van der Waals surface area contributed by atoms with E-state index in [-0.39, 0.29) is 19.1 Å². The third kappa shape index (κ3) is 60.1. The minimum atomic E-state index is -4.60. The largest absolute Gasteiger partial charge is 0.756 e. The highest BCUT2D eigenvalue weighted by molar-refractivity contribution is 7.45. The summed E-state index contributed by atoms with van der Waals surface area (Å²) in [5.74, 6) is -0.198. The molecule has 76 heavy (non-hydrogen) atoms. The smallest absolute Gasteiger partial charge is 0.268 e. The minimum absolute atomic E-state index is 0.00218. The van der Waals surface area contributed by atoms with Crippen molar-refractivity contribution in [2.75, 3.05) is 40.9 Å². The molecule has 0 aromatic rings. The van der Waals surface area contributed by atoms with Crippen LogP contribution in [0.4, 0.5) is 0 Å². The average molecular weight is 1090 g/mol. The molecule has 9 heteroatoms. The molecule has 0 rings (SSSR count). The molecule has 0 saturated heterocycles. The lowest BCUT2D eigenvalue weighted by atomic mass is 10.0. The minimum Gasteiger partial charge on any atom is -0.756 e. The number of carbonyl (C=O) groups excluding carboxylic acids is 1. The second-order valence-electron chi connectivity index (χ2n) is 23.8. The summed E-state index contributed by atoms with van der Waals surface area (Å²) in [4.78, 5) is 25.6. The van der Waals surface area contributed by atoms with Crippen molar-refractivity contribution in [3.8, 4) is 0 Å². The highest BCUT2D eigenvalue weighted by Gasteiger charge is 2.23. The van der Waals surface area contributed by atoms with Crippen LogP contribution in [0.15, 0.2) is 48.6 Å². The van der Waals surface area contributed by atoms with E-state index in [9.17, 15) is 19.4 Å². The molecule has 0 saturated carbocycles. The van der Waals surface area contributed by atoms with Crippen LogP contribution < -0.4 is 10.2 Å². The number of hydrogen-bond acceptors (Lipinski definition) is 6. The summed E-state index contributed by atoms with van der Waals surface area (Å²) in [6.07, 6.45) is 77.8. The van der Waals surface area contributed by atoms with Gasteiger partial charge in [-0.25, -0.2) is 0 Å². The van der Waals surface area contributed by atoms with Crippen molar-refractivity contribution in [1.29, 1.82) is 0 Å². The number of carbonyl (C=O) groups is 1. The molecule has 0 heterocycles. The quantitative estimate of drug-likeness (QED) is 0.0272. The highest BCUT2D eigenvalue weighted by atomic mass is 31.2. The highest BCUT2D eigenvalue weighted by Crippen LogP contribution is 2.38. The monoisotopic (exact) mass is 1090 g/mol. The number of rotatable bonds is 61. The Morgan fingerprint density at radius 2 is 0.763 bits per heavy atom. The van der Waals surface area contributed by atoms with Gasteiger partial charge in [-0.2, -0.15) is 0 Å². The molecule has 3 unspecified atom stereocenters. The number of hydrogen-bond donors (Lipinski definition) is 2. The van der Waals surface area contributed by atoms with Crippen LogP contribution in [-0.4, -0.2) is 68.5 Å². The molecule has 0 fully saturated rings. The van der Waals surface area contributed by atoms with Gasteiger partial charge in [0.15, 0.2) is 0 Å². The van der Waals surface area contributed by atoms with Crippen LogP contribution in [0.25, 0.3) is 0 Å². The van der Waals surface area contributed by atoms with Crippen molar-refractivity contribution >= 4 is 13.7 Å². The Bertz CT molecular complexity index is 1380. The van der Waals surface area contributed by atoms with Gasteiger partial charge in [-0.1, -0.05) is 306 Å². The van der Waals surface area contributed by atoms with Gasteiger partial charge in [0.25, 0.3) is 7.82 Å². The Balaban J connectivity index is 4.12. The number of phosphoric ester groups is 1. The van der Waals surface area contributed by atoms with Gasteiger partial charge >= 0.3 is 0 Å². The number of likely N-dealkylation sites (N-methyl/N-ethyl adjacent to an activating group) is 1. The standard InChI is InChI=1S/C67H129N2O6P/c1-6-8-10-12-14-16-18-20-22-24-26-28-30-32-33-34-35-37-38-40-42-44-46-48-50-52-54-56-58-60-66(70)65(64-75-76(72,73)74-63-62-69(3,4)5)68-67(71)61-59-57-55-53-51-49-47-45-43-41-39-36-31-29-27-25-23-21-19-17-15-13-11-9-7-2/h19,21,25,27,31,36,58,60,65-66,70H,6-18,20,22-24,26,28-30,32-35,37-57,59,61-64H2,1-5H3,(H-,68,71,72,73)/b21-19-,27-25-,36-31-,60-58+. The van der Waals surface area contributed by atoms with Crippen molar-refractivity contribution in [1.82, 2.24) is 5.32 Å². The first-order chi connectivity index (χ1) is 37.0. The second kappa shape index (κ2) is 58.1. The van der Waals surface area contributed by atoms with E-state index in [0.717, 1.165) is 51.4 Å². The number of aliphatic hydroxyl groups excluding tert-OH is 1. The average Bonchev–Trinajstić information content (AvgIpc) is 3.38. The Morgan fingerprint density at radius 1 is 0.461 bits per heavy atom. The van der Waals surface area contributed by atoms with Crippen molar-refractivity contribution in [2.45, 2.75) is 334 Å². The SMILES string of the molecule is CCCCCCC/C=C\C/C=C\C/C=C\CCCCCCCCCCCCC(=O)NC(COP(=O)([O-])OCC[N+](C)(C)C)C(O)/C=C/CCCCCCCCCCCCCCCCCCCCCCCCCCCCC. The van der Waals surface area contributed by atoms with Gasteiger partial charge in [0, 0.05) is 6.42 Å². The molecule has 3 atom stereocenters. The first-order valence-corrected chi connectivity index (χ1v) is 34.5. The Hall–Kier alpha value is -1.54. The molecule has 0 aliphatic rings. The summed E-state index contributed by atoms with van der Waals surface area (Å²) in [5, 5.41) is 13.9. The predicted molar refractivity (Wildman–Crippen MR) is 330 cm³/mol. The number of allylic oxidation sites excluding steroid dienone is 7. The zero-order chi connectivity index (χ0) is 55.6. The summed E-state index contributed by atoms with van der Waals surface area (Å²) in [5.41, 5.74) is 0. The predicted octanol–water partition coefficient (Wildman–Crippen LogP) is 20.0. The molecule has 0 aliphatic heterocycles. The first kappa shape index (κ1) is 74.5. The molecule has 0 spiro atoms. The number of nitrogens with one attached hydrogen (secondary N) is 1. The lowest BCUT2D eigenvalue weighted by Gasteiger charge is -2.29. The molecule has 0 aromatic heterocycles. The van der Waals surface area contributed by atoms with Crippen LogP contribution >= 0.6 is 7.82 Å². The molecular formula is C67H129N2O6P. The lowest BCUT2D eigenvalue weighted by Crippen LogP contribution is -2.45. The maximum absolute atomic E-state index is 13.0. The van der Waals surface area contributed by atoms with Crippen LogP contribution in [0, 0.1) is 0 Å². The van der Waals surface area contributed by atoms with Gasteiger partial charge < -0.3 is 28.8 Å². The number of nitrogens with zero attached hydrogens (tertiary/aromatic N) is 1. The zero-order valence-electron chi connectivity index (χ0n) is 51.2. The van der Waals surface area contributed by atoms with Gasteiger partial charge in [0.2, 0.25) is 5.91 Å². The normalized spacial score (nSPS) is 14.0. The molecular weight excluding hydrogens is 960 g/mol. The van der Waals surface area contributed by atoms with E-state index in [0.29, 0.717) is 17.4 Å². The summed E-state index contributed by atoms with van der Waals surface area (Å²) in [7, 11) is 1.27. The number of phosphoric acid groups is 1. The summed E-state index contributed by atoms with van der Waals surface area (Å²) >= 11 is 0. The maximum Gasteiger partial charge on any atom is 0.268 e. The molecule has 8 nitrogen and oxygen atoms in total. The molecule has 0 radical (unpaired) electrons. The molecule has 1 amide bonds. The Kier molecular flexibility index (Phi) is 56.9. The fraction of sp³-hybridized carbons (Fsp3) is 0.866. The zero-order valence-corrected chi connectivity index (χ0v) is 52.1. The van der Waals surface area contributed by atoms with Gasteiger partial charge in [0.05, 0.1) is 39.9 Å². The van der Waals surface area contributed by atoms with E-state index in [1.807, 2.05) is 27.2 Å². The van der Waals surface area contributed by atoms with Gasteiger partial charge in [-0.3, -0.25) is 9.36 Å². The van der Waals surface area contributed by atoms with E-state index in [2.05, 4.69) is 55.6 Å². The van der Waals surface area contributed by atoms with Crippen molar-refractivity contribution in [2.24, 2.45) is 0 Å². The molecule has 0 bridgehead atoms. The topological polar surface area (TPSA) is 108 Å². The maximum atomic E-state index is 13.0. The van der Waals surface area contributed by atoms with Crippen LogP contribution in [0.5, 0.6) is 0 Å². The van der Waals surface area contributed by atoms with Crippen LogP contribution in [-0.2, 0) is 18.4 Å². The first-order valence-electron chi connectivity index (χ1n) is 33.0. The van der Waals surface area contributed by atoms with E-state index < -0.39 is 20.0 Å². The number of quaternary nitrogens is 1. The molecule has 448 valence electrons. The van der Waals surface area contributed by atoms with Crippen molar-refractivity contribution < 1.29 is 32.9 Å². The van der Waals surface area contributed by atoms with Crippen LogP contribution in [0.1, 0.15) is 322 Å². The number of aliphatic hydroxyl groups is 1. The fourth-order valence-corrected chi connectivity index (χ4v) is 10.6. The third-order valence-corrected chi connectivity index (χ3v) is 16.0. The van der Waals surface area contributed by atoms with Crippen molar-refractivity contribution in [3.63, 3.8) is 0 Å². The Morgan fingerprint density at radius 3 is 1.11 bits per heavy atom. The van der Waals surface area contributed by atoms with E-state index in [1.54, 1.807) is 6.08 Å². The van der Waals surface area contributed by atoms with Crippen LogP contribution in [0.3, 0.4) is 0 Å². The number of unbranched alkanes of at least 4 members (excludes halogenated alkanes) is 42. The van der Waals surface area contributed by atoms with E-state index in [4.69, 9.17) is 9.05 Å². The third-order valence-electron chi connectivity index (χ3n) is 15.0. The lowest BCUT2D eigenvalue weighted by molar-refractivity contribution is -0.870. The van der Waals surface area contributed by atoms with Gasteiger partial charge in [0.1, 0.15) is 13.2 Å². The molecule has 0 aliphatic carbocycles. The van der Waals surface area contributed by atoms with E-state index >= 15 is 0 Å². The van der Waals surface area contributed by atoms with Crippen molar-refractivity contribution in [3.05, 3.63) is 48.6 Å². The second-order valence-corrected chi connectivity index (χ2v) is 25.2. The van der Waals surface area contributed by atoms with Crippen LogP contribution in [0.2, 0.25) is 0 Å². The van der Waals surface area contributed by atoms with E-state index in [1.165, 1.54) is 250 Å². The summed E-state index contributed by atoms with van der Waals surface area (Å²) < 4.78 is 23.4. The summed E-state index contributed by atoms with van der Waals surface area (Å²) in [6, 6.07) is -0.892. The molecule has 2 N–H and O–H groups in total. The number of amides is 1. The van der Waals surface area contributed by atoms with Gasteiger partial charge in [-0.05, 0) is 57.8 Å². The summed E-state index contributed by atoms with van der Waals surface area (Å²) in [6.45, 7) is 4.68.